The molecule has 0 radical (unpaired) electrons. The number of hydrogen-bond donors (Lipinski definition) is 0. The van der Waals surface area contributed by atoms with Crippen molar-refractivity contribution in [2.24, 2.45) is 5.41 Å². The molecule has 1 aliphatic carbocycles. The summed E-state index contributed by atoms with van der Waals surface area (Å²) in [6.45, 7) is 1.04. The summed E-state index contributed by atoms with van der Waals surface area (Å²) in [5.74, 6) is -3.20. The minimum absolute atomic E-state index is 0.101. The number of likely N-dealkylation sites (tertiary alicyclic amines) is 1. The first kappa shape index (κ1) is 13.0. The number of halogens is 5. The number of ether oxygens (including phenoxy) is 1. The largest absolute Gasteiger partial charge is 0.397 e. The third kappa shape index (κ3) is 2.54. The Kier molecular flexibility index (Phi) is 3.10. The van der Waals surface area contributed by atoms with Gasteiger partial charge in [0.05, 0.1) is 13.3 Å². The van der Waals surface area contributed by atoms with Crippen LogP contribution in [0.15, 0.2) is 0 Å². The Morgan fingerprint density at radius 2 is 1.71 bits per heavy atom. The quantitative estimate of drug-likeness (QED) is 0.720. The second-order valence-electron chi connectivity index (χ2n) is 4.94. The lowest BCUT2D eigenvalue weighted by Gasteiger charge is -2.48. The predicted octanol–water partition coefficient (Wildman–Crippen LogP) is 2.64. The molecular formula is C10H14F5NO. The Bertz CT molecular complexity index is 279. The molecule has 7 heteroatoms. The molecule has 0 aromatic carbocycles. The standard InChI is InChI=1S/C10H14F5NO/c11-9(12)4-8(5-9,10(13,14)15)6-17-7-16-2-1-3-16/h1-7H2. The van der Waals surface area contributed by atoms with Gasteiger partial charge in [-0.2, -0.15) is 13.2 Å². The van der Waals surface area contributed by atoms with E-state index in [1.54, 1.807) is 0 Å². The maximum Gasteiger partial charge on any atom is 0.397 e. The highest BCUT2D eigenvalue weighted by Gasteiger charge is 2.69. The Labute approximate surface area is 95.7 Å². The topological polar surface area (TPSA) is 12.5 Å². The predicted molar refractivity (Wildman–Crippen MR) is 49.7 cm³/mol. The van der Waals surface area contributed by atoms with Crippen molar-refractivity contribution in [3.8, 4) is 0 Å². The summed E-state index contributed by atoms with van der Waals surface area (Å²) in [6.07, 6.45) is -5.91. The summed E-state index contributed by atoms with van der Waals surface area (Å²) in [5, 5.41) is 0. The number of rotatable bonds is 4. The van der Waals surface area contributed by atoms with Crippen molar-refractivity contribution in [2.75, 3.05) is 26.4 Å². The average Bonchev–Trinajstić information content (AvgIpc) is 2.03. The lowest BCUT2D eigenvalue weighted by atomic mass is 9.66. The van der Waals surface area contributed by atoms with E-state index in [0.29, 0.717) is 0 Å². The summed E-state index contributed by atoms with van der Waals surface area (Å²) in [7, 11) is 0. The van der Waals surface area contributed by atoms with Crippen molar-refractivity contribution in [1.82, 2.24) is 4.90 Å². The second-order valence-corrected chi connectivity index (χ2v) is 4.94. The smallest absolute Gasteiger partial charge is 0.365 e. The van der Waals surface area contributed by atoms with Gasteiger partial charge in [0.2, 0.25) is 5.92 Å². The molecule has 2 aliphatic rings. The minimum atomic E-state index is -4.62. The van der Waals surface area contributed by atoms with Gasteiger partial charge in [0.25, 0.3) is 0 Å². The second kappa shape index (κ2) is 4.05. The molecule has 0 unspecified atom stereocenters. The normalized spacial score (nSPS) is 27.4. The third-order valence-electron chi connectivity index (χ3n) is 3.40. The molecule has 0 spiro atoms. The van der Waals surface area contributed by atoms with Crippen molar-refractivity contribution in [3.05, 3.63) is 0 Å². The Hall–Kier alpha value is -0.430. The highest BCUT2D eigenvalue weighted by molar-refractivity contribution is 5.03. The summed E-state index contributed by atoms with van der Waals surface area (Å²) < 4.78 is 68.3. The number of nitrogens with zero attached hydrogens (tertiary/aromatic N) is 1. The van der Waals surface area contributed by atoms with E-state index in [-0.39, 0.29) is 6.73 Å². The maximum atomic E-state index is 12.7. The zero-order valence-corrected chi connectivity index (χ0v) is 9.20. The van der Waals surface area contributed by atoms with E-state index < -0.39 is 37.0 Å². The van der Waals surface area contributed by atoms with Crippen LogP contribution in [-0.2, 0) is 4.74 Å². The van der Waals surface area contributed by atoms with Crippen LogP contribution in [0, 0.1) is 5.41 Å². The van der Waals surface area contributed by atoms with Crippen molar-refractivity contribution in [2.45, 2.75) is 31.4 Å². The number of hydrogen-bond acceptors (Lipinski definition) is 2. The van der Waals surface area contributed by atoms with Crippen LogP contribution in [0.5, 0.6) is 0 Å². The molecule has 0 atom stereocenters. The molecule has 1 aliphatic heterocycles. The highest BCUT2D eigenvalue weighted by atomic mass is 19.4. The molecular weight excluding hydrogens is 245 g/mol. The van der Waals surface area contributed by atoms with E-state index in [4.69, 9.17) is 4.74 Å². The van der Waals surface area contributed by atoms with Gasteiger partial charge in [-0.15, -0.1) is 0 Å². The fourth-order valence-corrected chi connectivity index (χ4v) is 2.20. The lowest BCUT2D eigenvalue weighted by molar-refractivity contribution is -0.323. The van der Waals surface area contributed by atoms with Gasteiger partial charge in [-0.3, -0.25) is 4.90 Å². The van der Waals surface area contributed by atoms with Gasteiger partial charge in [-0.05, 0) is 6.42 Å². The Balaban J connectivity index is 1.84. The van der Waals surface area contributed by atoms with E-state index in [1.165, 1.54) is 0 Å². The lowest BCUT2D eigenvalue weighted by Crippen LogP contribution is -2.57. The third-order valence-corrected chi connectivity index (χ3v) is 3.40. The fourth-order valence-electron chi connectivity index (χ4n) is 2.20. The van der Waals surface area contributed by atoms with Crippen LogP contribution in [0.3, 0.4) is 0 Å². The van der Waals surface area contributed by atoms with Gasteiger partial charge >= 0.3 is 6.18 Å². The zero-order chi connectivity index (χ0) is 12.7. The molecule has 0 N–H and O–H groups in total. The van der Waals surface area contributed by atoms with Gasteiger partial charge in [0.1, 0.15) is 5.41 Å². The van der Waals surface area contributed by atoms with Gasteiger partial charge in [0, 0.05) is 25.9 Å². The summed E-state index contributed by atoms with van der Waals surface area (Å²) in [5.41, 5.74) is -2.35. The van der Waals surface area contributed by atoms with Crippen molar-refractivity contribution < 1.29 is 26.7 Å². The Morgan fingerprint density at radius 1 is 1.12 bits per heavy atom. The average molecular weight is 259 g/mol. The molecule has 17 heavy (non-hydrogen) atoms. The van der Waals surface area contributed by atoms with Crippen LogP contribution in [0.2, 0.25) is 0 Å². The van der Waals surface area contributed by atoms with Gasteiger partial charge < -0.3 is 4.74 Å². The molecule has 1 saturated carbocycles. The molecule has 0 aromatic heterocycles. The summed E-state index contributed by atoms with van der Waals surface area (Å²) >= 11 is 0. The van der Waals surface area contributed by atoms with E-state index in [9.17, 15) is 22.0 Å². The zero-order valence-electron chi connectivity index (χ0n) is 9.20. The van der Waals surface area contributed by atoms with Gasteiger partial charge in [-0.1, -0.05) is 0 Å². The fraction of sp³-hybridized carbons (Fsp3) is 1.00. The van der Waals surface area contributed by atoms with Crippen LogP contribution in [0.25, 0.3) is 0 Å². The first-order valence-corrected chi connectivity index (χ1v) is 5.49. The molecule has 0 aromatic rings. The van der Waals surface area contributed by atoms with Gasteiger partial charge in [0.15, 0.2) is 0 Å². The van der Waals surface area contributed by atoms with E-state index in [1.807, 2.05) is 4.90 Å². The van der Waals surface area contributed by atoms with Crippen LogP contribution < -0.4 is 0 Å². The molecule has 100 valence electrons. The minimum Gasteiger partial charge on any atom is -0.365 e. The van der Waals surface area contributed by atoms with E-state index >= 15 is 0 Å². The van der Waals surface area contributed by atoms with Crippen LogP contribution in [0.1, 0.15) is 19.3 Å². The molecule has 2 rings (SSSR count). The molecule has 2 fully saturated rings. The highest BCUT2D eigenvalue weighted by Crippen LogP contribution is 2.60. The SMILES string of the molecule is FC1(F)CC(COCN2CCC2)(C(F)(F)F)C1. The number of alkyl halides is 5. The molecule has 0 amide bonds. The molecule has 1 heterocycles. The Morgan fingerprint density at radius 3 is 2.06 bits per heavy atom. The molecule has 2 nitrogen and oxygen atoms in total. The monoisotopic (exact) mass is 259 g/mol. The van der Waals surface area contributed by atoms with Crippen LogP contribution in [-0.4, -0.2) is 43.4 Å². The van der Waals surface area contributed by atoms with E-state index in [2.05, 4.69) is 0 Å². The maximum absolute atomic E-state index is 12.7. The first-order valence-electron chi connectivity index (χ1n) is 5.49. The van der Waals surface area contributed by atoms with Crippen molar-refractivity contribution in [3.63, 3.8) is 0 Å². The summed E-state index contributed by atoms with van der Waals surface area (Å²) in [6, 6.07) is 0. The van der Waals surface area contributed by atoms with E-state index in [0.717, 1.165) is 19.5 Å². The molecule has 1 saturated heterocycles. The van der Waals surface area contributed by atoms with Crippen molar-refractivity contribution in [1.29, 1.82) is 0 Å². The van der Waals surface area contributed by atoms with Crippen LogP contribution in [0.4, 0.5) is 22.0 Å². The first-order chi connectivity index (χ1) is 7.74. The van der Waals surface area contributed by atoms with Crippen molar-refractivity contribution >= 4 is 0 Å². The molecule has 0 bridgehead atoms. The van der Waals surface area contributed by atoms with Gasteiger partial charge in [-0.25, -0.2) is 8.78 Å². The summed E-state index contributed by atoms with van der Waals surface area (Å²) in [4.78, 5) is 1.83. The van der Waals surface area contributed by atoms with Crippen LogP contribution >= 0.6 is 0 Å².